The van der Waals surface area contributed by atoms with Gasteiger partial charge in [-0.05, 0) is 38.3 Å². The first-order valence-corrected chi connectivity index (χ1v) is 11.3. The van der Waals surface area contributed by atoms with E-state index in [-0.39, 0.29) is 24.0 Å². The molecule has 1 aliphatic rings. The number of aryl methyl sites for hydroxylation is 1. The molecule has 30 heavy (non-hydrogen) atoms. The van der Waals surface area contributed by atoms with Crippen LogP contribution in [0.5, 0.6) is 0 Å². The maximum Gasteiger partial charge on any atom is 0.193 e. The largest absolute Gasteiger partial charge is 0.383 e. The Morgan fingerprint density at radius 3 is 2.77 bits per heavy atom. The summed E-state index contributed by atoms with van der Waals surface area (Å²) >= 11 is 1.95. The number of likely N-dealkylation sites (tertiary alicyclic amines) is 1. The van der Waals surface area contributed by atoms with E-state index in [1.807, 2.05) is 23.5 Å². The molecule has 3 rings (SSSR count). The van der Waals surface area contributed by atoms with Gasteiger partial charge in [-0.25, -0.2) is 0 Å². The predicted molar refractivity (Wildman–Crippen MR) is 136 cm³/mol. The van der Waals surface area contributed by atoms with Crippen molar-refractivity contribution in [3.63, 3.8) is 0 Å². The van der Waals surface area contributed by atoms with Gasteiger partial charge in [0.1, 0.15) is 0 Å². The number of benzene rings is 1. The number of guanidine groups is 1. The third-order valence-electron chi connectivity index (χ3n) is 5.49. The zero-order valence-corrected chi connectivity index (χ0v) is 21.6. The van der Waals surface area contributed by atoms with Crippen molar-refractivity contribution in [2.45, 2.75) is 38.3 Å². The summed E-state index contributed by atoms with van der Waals surface area (Å²) in [5.41, 5.74) is 3.51. The van der Waals surface area contributed by atoms with Crippen LogP contribution in [0.3, 0.4) is 0 Å². The van der Waals surface area contributed by atoms with E-state index >= 15 is 0 Å². The molecule has 2 aromatic rings. The van der Waals surface area contributed by atoms with Crippen molar-refractivity contribution in [1.82, 2.24) is 20.0 Å². The van der Waals surface area contributed by atoms with Gasteiger partial charge >= 0.3 is 0 Å². The zero-order chi connectivity index (χ0) is 20.6. The summed E-state index contributed by atoms with van der Waals surface area (Å²) in [7, 11) is 3.59. The highest BCUT2D eigenvalue weighted by atomic mass is 127. The average Bonchev–Trinajstić information content (AvgIpc) is 3.31. The number of aromatic nitrogens is 2. The second-order valence-electron chi connectivity index (χ2n) is 7.49. The quantitative estimate of drug-likeness (QED) is 0.237. The van der Waals surface area contributed by atoms with E-state index in [4.69, 9.17) is 4.74 Å². The third kappa shape index (κ3) is 6.62. The van der Waals surface area contributed by atoms with E-state index in [1.165, 1.54) is 22.6 Å². The van der Waals surface area contributed by atoms with Crippen molar-refractivity contribution in [3.8, 4) is 0 Å². The normalized spacial score (nSPS) is 16.6. The minimum absolute atomic E-state index is 0. The number of thioether (sulfide) groups is 1. The Bertz CT molecular complexity index is 811. The highest BCUT2D eigenvalue weighted by molar-refractivity contribution is 14.0. The van der Waals surface area contributed by atoms with Crippen molar-refractivity contribution in [2.24, 2.45) is 10.9 Å². The molecule has 0 bridgehead atoms. The monoisotopic (exact) mass is 543 g/mol. The molecule has 1 unspecified atom stereocenters. The molecule has 1 atom stereocenters. The van der Waals surface area contributed by atoms with Gasteiger partial charge in [0.15, 0.2) is 5.96 Å². The molecule has 1 aromatic heterocycles. The van der Waals surface area contributed by atoms with Gasteiger partial charge in [-0.15, -0.1) is 35.7 Å². The van der Waals surface area contributed by atoms with Crippen LogP contribution >= 0.6 is 35.7 Å². The number of hydrogen-bond donors (Lipinski definition) is 1. The molecule has 1 N–H and O–H groups in total. The smallest absolute Gasteiger partial charge is 0.193 e. The topological polar surface area (TPSA) is 54.7 Å². The highest BCUT2D eigenvalue weighted by Gasteiger charge is 2.25. The third-order valence-corrected chi connectivity index (χ3v) is 6.73. The number of nitrogens with one attached hydrogen (secondary N) is 1. The Hall–Kier alpha value is -1.26. The molecule has 6 nitrogen and oxygen atoms in total. The highest BCUT2D eigenvalue weighted by Crippen LogP contribution is 2.26. The van der Waals surface area contributed by atoms with Gasteiger partial charge in [-0.3, -0.25) is 9.67 Å². The van der Waals surface area contributed by atoms with E-state index in [0.29, 0.717) is 12.5 Å². The lowest BCUT2D eigenvalue weighted by Crippen LogP contribution is -2.40. The molecule has 0 amide bonds. The first-order chi connectivity index (χ1) is 14.1. The Morgan fingerprint density at radius 1 is 1.30 bits per heavy atom. The van der Waals surface area contributed by atoms with E-state index in [0.717, 1.165) is 43.6 Å². The molecule has 1 aromatic carbocycles. The van der Waals surface area contributed by atoms with Crippen molar-refractivity contribution >= 4 is 41.7 Å². The van der Waals surface area contributed by atoms with Crippen LogP contribution in [0.25, 0.3) is 0 Å². The van der Waals surface area contributed by atoms with Crippen LogP contribution in [0.1, 0.15) is 23.4 Å². The number of halogens is 1. The molecule has 1 aliphatic heterocycles. The van der Waals surface area contributed by atoms with Crippen molar-refractivity contribution in [1.29, 1.82) is 0 Å². The van der Waals surface area contributed by atoms with Crippen LogP contribution in [-0.4, -0.2) is 60.2 Å². The lowest BCUT2D eigenvalue weighted by atomic mass is 10.2. The Morgan fingerprint density at radius 2 is 2.07 bits per heavy atom. The fraction of sp³-hybridized carbons (Fsp3) is 0.545. The molecule has 2 heterocycles. The number of aliphatic imine (C=N–C) groups is 1. The van der Waals surface area contributed by atoms with E-state index < -0.39 is 0 Å². The first kappa shape index (κ1) is 25.0. The second-order valence-corrected chi connectivity index (χ2v) is 8.58. The Kier molecular flexibility index (Phi) is 10.5. The SMILES string of the molecule is CN=C(NCc1c(C)nn(CCOC)c1C)N1CCC(CSc2ccccc2)C1.I. The van der Waals surface area contributed by atoms with Gasteiger partial charge in [0.05, 0.1) is 18.8 Å². The average molecular weight is 544 g/mol. The van der Waals surface area contributed by atoms with Crippen LogP contribution < -0.4 is 5.32 Å². The Balaban J connectivity index is 0.00000320. The molecule has 166 valence electrons. The predicted octanol–water partition coefficient (Wildman–Crippen LogP) is 3.95. The van der Waals surface area contributed by atoms with Gasteiger partial charge in [-0.1, -0.05) is 18.2 Å². The maximum absolute atomic E-state index is 5.19. The van der Waals surface area contributed by atoms with E-state index in [1.54, 1.807) is 7.11 Å². The molecular formula is C22H34IN5OS. The van der Waals surface area contributed by atoms with Gasteiger partial charge in [0.2, 0.25) is 0 Å². The van der Waals surface area contributed by atoms with Gasteiger partial charge in [0.25, 0.3) is 0 Å². The molecule has 8 heteroatoms. The Labute approximate surface area is 201 Å². The molecular weight excluding hydrogens is 509 g/mol. The summed E-state index contributed by atoms with van der Waals surface area (Å²) in [5.74, 6) is 2.84. The van der Waals surface area contributed by atoms with Crippen molar-refractivity contribution < 1.29 is 4.74 Å². The summed E-state index contributed by atoms with van der Waals surface area (Å²) in [4.78, 5) is 8.27. The van der Waals surface area contributed by atoms with Crippen LogP contribution in [0, 0.1) is 19.8 Å². The summed E-state index contributed by atoms with van der Waals surface area (Å²) in [6, 6.07) is 10.7. The molecule has 1 saturated heterocycles. The number of methoxy groups -OCH3 is 1. The molecule has 0 aliphatic carbocycles. The fourth-order valence-electron chi connectivity index (χ4n) is 3.78. The second kappa shape index (κ2) is 12.6. The summed E-state index contributed by atoms with van der Waals surface area (Å²) in [6.45, 7) is 8.52. The van der Waals surface area contributed by atoms with Gasteiger partial charge in [-0.2, -0.15) is 5.10 Å². The van der Waals surface area contributed by atoms with E-state index in [2.05, 4.69) is 64.5 Å². The number of nitrogens with zero attached hydrogens (tertiary/aromatic N) is 4. The summed E-state index contributed by atoms with van der Waals surface area (Å²) in [5, 5.41) is 8.21. The van der Waals surface area contributed by atoms with Crippen LogP contribution in [0.15, 0.2) is 40.2 Å². The minimum atomic E-state index is 0. The van der Waals surface area contributed by atoms with Crippen molar-refractivity contribution in [3.05, 3.63) is 47.3 Å². The van der Waals surface area contributed by atoms with Crippen LogP contribution in [0.4, 0.5) is 0 Å². The lowest BCUT2D eigenvalue weighted by Gasteiger charge is -2.22. The number of ether oxygens (including phenoxy) is 1. The maximum atomic E-state index is 5.19. The number of rotatable bonds is 8. The van der Waals surface area contributed by atoms with Gasteiger partial charge < -0.3 is 15.0 Å². The minimum Gasteiger partial charge on any atom is -0.383 e. The first-order valence-electron chi connectivity index (χ1n) is 10.3. The van der Waals surface area contributed by atoms with Crippen LogP contribution in [-0.2, 0) is 17.8 Å². The standard InChI is InChI=1S/C22H33N5OS.HI/c1-17-21(18(2)27(25-17)12-13-28-4)14-24-22(23-3)26-11-10-19(15-26)16-29-20-8-6-5-7-9-20;/h5-9,19H,10-16H2,1-4H3,(H,23,24);1H. The van der Waals surface area contributed by atoms with Crippen molar-refractivity contribution in [2.75, 3.05) is 39.6 Å². The summed E-state index contributed by atoms with van der Waals surface area (Å²) in [6.07, 6.45) is 1.22. The van der Waals surface area contributed by atoms with Gasteiger partial charge in [0, 0.05) is 55.7 Å². The van der Waals surface area contributed by atoms with Crippen LogP contribution in [0.2, 0.25) is 0 Å². The molecule has 0 radical (unpaired) electrons. The zero-order valence-electron chi connectivity index (χ0n) is 18.4. The fourth-order valence-corrected chi connectivity index (χ4v) is 4.83. The van der Waals surface area contributed by atoms with E-state index in [9.17, 15) is 0 Å². The molecule has 0 spiro atoms. The molecule has 0 saturated carbocycles. The summed E-state index contributed by atoms with van der Waals surface area (Å²) < 4.78 is 7.22. The lowest BCUT2D eigenvalue weighted by molar-refractivity contribution is 0.182. The number of hydrogen-bond acceptors (Lipinski definition) is 4. The molecule has 1 fully saturated rings.